The van der Waals surface area contributed by atoms with Gasteiger partial charge in [0.1, 0.15) is 5.56 Å². The molecule has 0 saturated carbocycles. The second-order valence-corrected chi connectivity index (χ2v) is 6.96. The summed E-state index contributed by atoms with van der Waals surface area (Å²) in [7, 11) is 3.90. The Labute approximate surface area is 186 Å². The number of rotatable bonds is 10. The molecule has 0 radical (unpaired) electrons. The van der Waals surface area contributed by atoms with Crippen molar-refractivity contribution in [2.24, 2.45) is 0 Å². The van der Waals surface area contributed by atoms with Crippen molar-refractivity contribution in [3.05, 3.63) is 57.1 Å². The van der Waals surface area contributed by atoms with Crippen molar-refractivity contribution < 1.29 is 28.7 Å². The number of carbonyl (C=O) groups is 2. The second-order valence-electron chi connectivity index (χ2n) is 6.96. The Balaban J connectivity index is 2.30. The third-order valence-corrected chi connectivity index (χ3v) is 4.86. The average Bonchev–Trinajstić information content (AvgIpc) is 2.80. The summed E-state index contributed by atoms with van der Waals surface area (Å²) in [5, 5.41) is 17.2. The van der Waals surface area contributed by atoms with Crippen molar-refractivity contribution in [1.29, 1.82) is 0 Å². The molecule has 2 rings (SSSR count). The SMILES string of the molecule is CCC(C)NC(=O)c1cccc(CNC(=O)c2cc(OC)c(OC)c(OC)c2[N+](=O)[O-])c1. The number of hydrogen-bond donors (Lipinski definition) is 2. The Kier molecular flexibility index (Phi) is 8.39. The molecule has 10 nitrogen and oxygen atoms in total. The van der Waals surface area contributed by atoms with Crippen molar-refractivity contribution in [3.63, 3.8) is 0 Å². The smallest absolute Gasteiger partial charge is 0.327 e. The minimum atomic E-state index is -0.713. The Bertz CT molecular complexity index is 1010. The van der Waals surface area contributed by atoms with E-state index < -0.39 is 16.5 Å². The number of nitrogens with one attached hydrogen (secondary N) is 2. The van der Waals surface area contributed by atoms with Crippen LogP contribution in [0.5, 0.6) is 17.2 Å². The van der Waals surface area contributed by atoms with Gasteiger partial charge in [0.05, 0.1) is 26.3 Å². The highest BCUT2D eigenvalue weighted by Gasteiger charge is 2.32. The number of benzene rings is 2. The number of nitrogens with zero attached hydrogens (tertiary/aromatic N) is 1. The Hall–Kier alpha value is -3.82. The molecule has 2 amide bonds. The fraction of sp³-hybridized carbons (Fsp3) is 0.364. The van der Waals surface area contributed by atoms with Crippen molar-refractivity contribution >= 4 is 17.5 Å². The molecule has 0 saturated heterocycles. The lowest BCUT2D eigenvalue weighted by Gasteiger charge is -2.15. The van der Waals surface area contributed by atoms with Crippen LogP contribution >= 0.6 is 0 Å². The zero-order valence-electron chi connectivity index (χ0n) is 18.7. The molecule has 0 heterocycles. The van der Waals surface area contributed by atoms with E-state index in [1.165, 1.54) is 27.4 Å². The molecule has 2 aromatic carbocycles. The minimum Gasteiger partial charge on any atom is -0.493 e. The molecule has 0 spiro atoms. The number of nitro benzene ring substituents is 1. The number of amides is 2. The molecule has 1 atom stereocenters. The van der Waals surface area contributed by atoms with E-state index in [1.807, 2.05) is 13.8 Å². The first-order valence-corrected chi connectivity index (χ1v) is 9.92. The highest BCUT2D eigenvalue weighted by Crippen LogP contribution is 2.46. The van der Waals surface area contributed by atoms with Gasteiger partial charge in [-0.3, -0.25) is 19.7 Å². The first kappa shape index (κ1) is 24.4. The summed E-state index contributed by atoms with van der Waals surface area (Å²) in [6.07, 6.45) is 0.801. The number of carbonyl (C=O) groups excluding carboxylic acids is 2. The fourth-order valence-electron chi connectivity index (χ4n) is 3.00. The second kappa shape index (κ2) is 11.0. The van der Waals surface area contributed by atoms with Crippen LogP contribution in [-0.2, 0) is 6.54 Å². The lowest BCUT2D eigenvalue weighted by Crippen LogP contribution is -2.32. The summed E-state index contributed by atoms with van der Waals surface area (Å²) in [5.74, 6) is -1.01. The van der Waals surface area contributed by atoms with E-state index in [4.69, 9.17) is 14.2 Å². The maximum absolute atomic E-state index is 12.8. The molecular weight excluding hydrogens is 418 g/mol. The third kappa shape index (κ3) is 5.45. The number of ether oxygens (including phenoxy) is 3. The van der Waals surface area contributed by atoms with E-state index in [-0.39, 0.29) is 41.3 Å². The Morgan fingerprint density at radius 3 is 2.31 bits per heavy atom. The summed E-state index contributed by atoms with van der Waals surface area (Å²) in [6, 6.07) is 8.03. The fourth-order valence-corrected chi connectivity index (χ4v) is 3.00. The van der Waals surface area contributed by atoms with Crippen LogP contribution < -0.4 is 24.8 Å². The summed E-state index contributed by atoms with van der Waals surface area (Å²) in [4.78, 5) is 36.1. The van der Waals surface area contributed by atoms with Crippen LogP contribution in [0.15, 0.2) is 30.3 Å². The molecule has 172 valence electrons. The van der Waals surface area contributed by atoms with Gasteiger partial charge in [0, 0.05) is 24.2 Å². The van der Waals surface area contributed by atoms with Crippen LogP contribution in [0.1, 0.15) is 46.5 Å². The molecule has 0 bridgehead atoms. The van der Waals surface area contributed by atoms with E-state index in [1.54, 1.807) is 24.3 Å². The van der Waals surface area contributed by atoms with Gasteiger partial charge >= 0.3 is 5.69 Å². The highest BCUT2D eigenvalue weighted by molar-refractivity contribution is 6.00. The van der Waals surface area contributed by atoms with Gasteiger partial charge in [0.2, 0.25) is 11.5 Å². The van der Waals surface area contributed by atoms with E-state index in [0.717, 1.165) is 6.42 Å². The summed E-state index contributed by atoms with van der Waals surface area (Å²) in [5.41, 5.74) is 0.334. The monoisotopic (exact) mass is 445 g/mol. The van der Waals surface area contributed by atoms with E-state index in [0.29, 0.717) is 11.1 Å². The summed E-state index contributed by atoms with van der Waals surface area (Å²) in [6.45, 7) is 3.93. The maximum Gasteiger partial charge on any atom is 0.327 e. The average molecular weight is 445 g/mol. The maximum atomic E-state index is 12.8. The molecular formula is C22H27N3O7. The minimum absolute atomic E-state index is 0.0123. The predicted octanol–water partition coefficient (Wildman–Crippen LogP) is 3.08. The molecule has 0 aromatic heterocycles. The van der Waals surface area contributed by atoms with Crippen LogP contribution in [0.4, 0.5) is 5.69 Å². The van der Waals surface area contributed by atoms with Gasteiger partial charge in [-0.05, 0) is 31.0 Å². The molecule has 0 aliphatic heterocycles. The predicted molar refractivity (Wildman–Crippen MR) is 118 cm³/mol. The number of nitro groups is 1. The van der Waals surface area contributed by atoms with Crippen molar-refractivity contribution in [2.45, 2.75) is 32.9 Å². The van der Waals surface area contributed by atoms with E-state index in [2.05, 4.69) is 10.6 Å². The molecule has 0 aliphatic rings. The molecule has 10 heteroatoms. The van der Waals surface area contributed by atoms with E-state index in [9.17, 15) is 19.7 Å². The molecule has 0 fully saturated rings. The van der Waals surface area contributed by atoms with Gasteiger partial charge in [-0.15, -0.1) is 0 Å². The van der Waals surface area contributed by atoms with Gasteiger partial charge in [-0.25, -0.2) is 0 Å². The Morgan fingerprint density at radius 2 is 1.75 bits per heavy atom. The van der Waals surface area contributed by atoms with Gasteiger partial charge < -0.3 is 24.8 Å². The largest absolute Gasteiger partial charge is 0.493 e. The van der Waals surface area contributed by atoms with E-state index >= 15 is 0 Å². The summed E-state index contributed by atoms with van der Waals surface area (Å²) < 4.78 is 15.5. The lowest BCUT2D eigenvalue weighted by atomic mass is 10.1. The van der Waals surface area contributed by atoms with Crippen LogP contribution in [0, 0.1) is 10.1 Å². The lowest BCUT2D eigenvalue weighted by molar-refractivity contribution is -0.386. The molecule has 1 unspecified atom stereocenters. The van der Waals surface area contributed by atoms with Crippen LogP contribution in [-0.4, -0.2) is 44.1 Å². The van der Waals surface area contributed by atoms with Crippen LogP contribution in [0.3, 0.4) is 0 Å². The first-order chi connectivity index (χ1) is 15.3. The molecule has 32 heavy (non-hydrogen) atoms. The molecule has 2 N–H and O–H groups in total. The molecule has 2 aromatic rings. The van der Waals surface area contributed by atoms with Crippen LogP contribution in [0.2, 0.25) is 0 Å². The Morgan fingerprint density at radius 1 is 1.06 bits per heavy atom. The van der Waals surface area contributed by atoms with Gasteiger partial charge in [-0.2, -0.15) is 0 Å². The normalized spacial score (nSPS) is 11.3. The standard InChI is InChI=1S/C22H27N3O7/c1-6-13(2)24-21(26)15-9-7-8-14(10-15)12-23-22(27)16-11-17(30-3)19(31-4)20(32-5)18(16)25(28)29/h7-11,13H,6,12H2,1-5H3,(H,23,27)(H,24,26). The van der Waals surface area contributed by atoms with Crippen LogP contribution in [0.25, 0.3) is 0 Å². The molecule has 0 aliphatic carbocycles. The van der Waals surface area contributed by atoms with Gasteiger partial charge in [-0.1, -0.05) is 19.1 Å². The number of methoxy groups -OCH3 is 3. The first-order valence-electron chi connectivity index (χ1n) is 9.92. The topological polar surface area (TPSA) is 129 Å². The van der Waals surface area contributed by atoms with Crippen molar-refractivity contribution in [3.8, 4) is 17.2 Å². The highest BCUT2D eigenvalue weighted by atomic mass is 16.6. The van der Waals surface area contributed by atoms with Gasteiger partial charge in [0.25, 0.3) is 11.8 Å². The zero-order chi connectivity index (χ0) is 23.8. The number of hydrogen-bond acceptors (Lipinski definition) is 7. The van der Waals surface area contributed by atoms with Gasteiger partial charge in [0.15, 0.2) is 5.75 Å². The zero-order valence-corrected chi connectivity index (χ0v) is 18.7. The van der Waals surface area contributed by atoms with Crippen molar-refractivity contribution in [2.75, 3.05) is 21.3 Å². The van der Waals surface area contributed by atoms with Crippen molar-refractivity contribution in [1.82, 2.24) is 10.6 Å². The summed E-state index contributed by atoms with van der Waals surface area (Å²) >= 11 is 0. The quantitative estimate of drug-likeness (QED) is 0.425. The third-order valence-electron chi connectivity index (χ3n) is 4.86.